The standard InChI is InChI=1S/CH2O3.Co.Mg.H2O4S.2H/c2-1(3)4;;;1-5(2,3)4;;/h(H2,2,3,4);;;(H2,1,2,3,4);;/q;;+2;;2*-1. The van der Waals surface area contributed by atoms with Crippen LogP contribution < -0.4 is 0 Å². The van der Waals surface area contributed by atoms with Crippen molar-refractivity contribution in [1.29, 1.82) is 0 Å². The molecule has 11 heavy (non-hydrogen) atoms. The fourth-order valence-electron chi connectivity index (χ4n) is 0. The normalized spacial score (nSPS) is 7.45. The Kier molecular flexibility index (Phi) is 21.3. The van der Waals surface area contributed by atoms with E-state index in [0.717, 1.165) is 0 Å². The van der Waals surface area contributed by atoms with E-state index in [4.69, 9.17) is 32.5 Å². The molecule has 7 nitrogen and oxygen atoms in total. The van der Waals surface area contributed by atoms with Crippen molar-refractivity contribution in [3.8, 4) is 0 Å². The summed E-state index contributed by atoms with van der Waals surface area (Å²) in [6.07, 6.45) is -1.83. The molecule has 0 aromatic heterocycles. The fourth-order valence-corrected chi connectivity index (χ4v) is 0. The molecule has 0 rings (SSSR count). The minimum atomic E-state index is -4.67. The van der Waals surface area contributed by atoms with E-state index in [1.54, 1.807) is 0 Å². The first-order valence-corrected chi connectivity index (χ1v) is 2.75. The second-order valence-corrected chi connectivity index (χ2v) is 1.63. The fraction of sp³-hybridized carbons (Fsp3) is 0. The molecule has 0 aromatic rings. The summed E-state index contributed by atoms with van der Waals surface area (Å²) < 4.78 is 31.6. The SMILES string of the molecule is O=C(O)O.O=S(=O)(O)O.[Co].[H-].[H-].[Mg+2]. The predicted molar refractivity (Wildman–Crippen MR) is 32.8 cm³/mol. The Bertz CT molecular complexity index is 169. The van der Waals surface area contributed by atoms with Crippen molar-refractivity contribution in [3.05, 3.63) is 0 Å². The second-order valence-electron chi connectivity index (χ2n) is 0.730. The first-order valence-electron chi connectivity index (χ1n) is 1.35. The Hall–Kier alpha value is 0.413. The van der Waals surface area contributed by atoms with E-state index in [0.29, 0.717) is 0 Å². The van der Waals surface area contributed by atoms with E-state index in [9.17, 15) is 0 Å². The van der Waals surface area contributed by atoms with Crippen LogP contribution in [0.25, 0.3) is 0 Å². The van der Waals surface area contributed by atoms with E-state index < -0.39 is 16.6 Å². The maximum atomic E-state index is 8.74. The van der Waals surface area contributed by atoms with Gasteiger partial charge in [0.1, 0.15) is 0 Å². The van der Waals surface area contributed by atoms with Gasteiger partial charge in [0.15, 0.2) is 0 Å². The van der Waals surface area contributed by atoms with Crippen LogP contribution in [0.5, 0.6) is 0 Å². The molecule has 0 amide bonds. The summed E-state index contributed by atoms with van der Waals surface area (Å²) in [6.45, 7) is 0. The van der Waals surface area contributed by atoms with E-state index >= 15 is 0 Å². The minimum Gasteiger partial charge on any atom is -1.00 e. The van der Waals surface area contributed by atoms with Crippen molar-refractivity contribution >= 4 is 39.6 Å². The number of carbonyl (C=O) groups is 1. The topological polar surface area (TPSA) is 132 Å². The van der Waals surface area contributed by atoms with Crippen LogP contribution in [0.3, 0.4) is 0 Å². The first-order chi connectivity index (χ1) is 3.73. The number of hydrogen-bond donors (Lipinski definition) is 4. The summed E-state index contributed by atoms with van der Waals surface area (Å²) >= 11 is 0. The Morgan fingerprint density at radius 3 is 1.18 bits per heavy atom. The van der Waals surface area contributed by atoms with Gasteiger partial charge in [0, 0.05) is 16.8 Å². The van der Waals surface area contributed by atoms with Gasteiger partial charge in [0.05, 0.1) is 0 Å². The number of rotatable bonds is 0. The van der Waals surface area contributed by atoms with Crippen molar-refractivity contribution in [3.63, 3.8) is 0 Å². The summed E-state index contributed by atoms with van der Waals surface area (Å²) in [5.41, 5.74) is 0. The third kappa shape index (κ3) is 4330. The zero-order chi connectivity index (χ0) is 8.08. The quantitative estimate of drug-likeness (QED) is 0.331. The molecule has 0 aliphatic heterocycles. The van der Waals surface area contributed by atoms with E-state index in [1.807, 2.05) is 0 Å². The van der Waals surface area contributed by atoms with Gasteiger partial charge in [-0.25, -0.2) is 4.79 Å². The third-order valence-corrected chi connectivity index (χ3v) is 0. The summed E-state index contributed by atoms with van der Waals surface area (Å²) in [5.74, 6) is 0. The molecule has 0 heterocycles. The largest absolute Gasteiger partial charge is 2.00 e. The van der Waals surface area contributed by atoms with Crippen molar-refractivity contribution < 1.29 is 52.2 Å². The third-order valence-electron chi connectivity index (χ3n) is 0. The van der Waals surface area contributed by atoms with Gasteiger partial charge in [-0.05, 0) is 0 Å². The number of carboxylic acid groups (broad SMARTS) is 2. The molecule has 0 fully saturated rings. The van der Waals surface area contributed by atoms with Crippen molar-refractivity contribution in [2.75, 3.05) is 0 Å². The Morgan fingerprint density at radius 2 is 1.18 bits per heavy atom. The summed E-state index contributed by atoms with van der Waals surface area (Å²) in [7, 11) is -4.67. The molecule has 0 spiro atoms. The molecule has 69 valence electrons. The van der Waals surface area contributed by atoms with Gasteiger partial charge in [-0.2, -0.15) is 8.42 Å². The van der Waals surface area contributed by atoms with Gasteiger partial charge in [0.25, 0.3) is 0 Å². The molecule has 0 bridgehead atoms. The van der Waals surface area contributed by atoms with E-state index in [1.165, 1.54) is 0 Å². The van der Waals surface area contributed by atoms with Crippen molar-refractivity contribution in [1.82, 2.24) is 0 Å². The minimum absolute atomic E-state index is 0. The molecule has 4 N–H and O–H groups in total. The van der Waals surface area contributed by atoms with E-state index in [2.05, 4.69) is 0 Å². The van der Waals surface area contributed by atoms with Crippen LogP contribution >= 0.6 is 0 Å². The van der Waals surface area contributed by atoms with Crippen molar-refractivity contribution in [2.45, 2.75) is 0 Å². The molecule has 0 atom stereocenters. The summed E-state index contributed by atoms with van der Waals surface area (Å²) in [5, 5.41) is 13.9. The zero-order valence-corrected chi connectivity index (χ0v) is 8.23. The van der Waals surface area contributed by atoms with Gasteiger partial charge >= 0.3 is 39.6 Å². The molecule has 0 saturated carbocycles. The Labute approximate surface area is 91.7 Å². The van der Waals surface area contributed by atoms with Crippen LogP contribution in [0.15, 0.2) is 0 Å². The molecular formula is CH6CoMgO7S. The van der Waals surface area contributed by atoms with Gasteiger partial charge in [0.2, 0.25) is 0 Å². The molecule has 10 heteroatoms. The van der Waals surface area contributed by atoms with Crippen LogP contribution in [0, 0.1) is 0 Å². The van der Waals surface area contributed by atoms with Crippen LogP contribution in [-0.4, -0.2) is 56.9 Å². The Balaban J connectivity index is -0.0000000146. The molecule has 0 unspecified atom stereocenters. The van der Waals surface area contributed by atoms with Crippen molar-refractivity contribution in [2.24, 2.45) is 0 Å². The smallest absolute Gasteiger partial charge is 1.00 e. The first kappa shape index (κ1) is 22.5. The molecule has 0 aliphatic carbocycles. The molecule has 0 aromatic carbocycles. The van der Waals surface area contributed by atoms with Crippen LogP contribution in [-0.2, 0) is 27.2 Å². The average molecular weight is 245 g/mol. The van der Waals surface area contributed by atoms with Crippen LogP contribution in [0.2, 0.25) is 0 Å². The zero-order valence-electron chi connectivity index (χ0n) is 6.96. The molecule has 0 aliphatic rings. The monoisotopic (exact) mass is 245 g/mol. The van der Waals surface area contributed by atoms with Crippen LogP contribution in [0.1, 0.15) is 2.85 Å². The predicted octanol–water partition coefficient (Wildman–Crippen LogP) is -0.589. The Morgan fingerprint density at radius 1 is 1.18 bits per heavy atom. The maximum absolute atomic E-state index is 8.74. The molecule has 0 saturated heterocycles. The van der Waals surface area contributed by atoms with Gasteiger partial charge in [-0.15, -0.1) is 0 Å². The summed E-state index contributed by atoms with van der Waals surface area (Å²) in [6, 6.07) is 0. The summed E-state index contributed by atoms with van der Waals surface area (Å²) in [4.78, 5) is 8.56. The van der Waals surface area contributed by atoms with Crippen LogP contribution in [0.4, 0.5) is 4.79 Å². The van der Waals surface area contributed by atoms with Gasteiger partial charge in [-0.1, -0.05) is 0 Å². The van der Waals surface area contributed by atoms with E-state index in [-0.39, 0.29) is 42.7 Å². The molecule has 1 radical (unpaired) electrons. The number of hydrogen-bond acceptors (Lipinski definition) is 3. The maximum Gasteiger partial charge on any atom is 2.00 e. The second kappa shape index (κ2) is 10.4. The average Bonchev–Trinajstić information content (AvgIpc) is 1.19. The molecular weight excluding hydrogens is 239 g/mol. The van der Waals surface area contributed by atoms with Gasteiger partial charge < -0.3 is 13.1 Å². The van der Waals surface area contributed by atoms with Gasteiger partial charge in [-0.3, -0.25) is 9.11 Å².